The normalized spacial score (nSPS) is 10.3. The first-order valence-electron chi connectivity index (χ1n) is 6.00. The van der Waals surface area contributed by atoms with Gasteiger partial charge < -0.3 is 10.5 Å². The highest BCUT2D eigenvalue weighted by atomic mass is 19.1. The van der Waals surface area contributed by atoms with Gasteiger partial charge in [0.25, 0.3) is 0 Å². The molecule has 2 rings (SSSR count). The van der Waals surface area contributed by atoms with Crippen molar-refractivity contribution in [3.63, 3.8) is 0 Å². The average Bonchev–Trinajstić information content (AvgIpc) is 2.39. The molecule has 0 saturated carbocycles. The summed E-state index contributed by atoms with van der Waals surface area (Å²) in [7, 11) is 0. The molecule has 0 aliphatic carbocycles. The highest BCUT2D eigenvalue weighted by molar-refractivity contribution is 5.95. The lowest BCUT2D eigenvalue weighted by molar-refractivity contribution is 0.290. The summed E-state index contributed by atoms with van der Waals surface area (Å²) >= 11 is 0. The molecule has 0 atom stereocenters. The van der Waals surface area contributed by atoms with Crippen LogP contribution in [0.15, 0.2) is 36.4 Å². The van der Waals surface area contributed by atoms with Gasteiger partial charge in [-0.2, -0.15) is 0 Å². The fraction of sp³-hybridized carbons (Fsp3) is 0.133. The van der Waals surface area contributed by atoms with E-state index in [0.717, 1.165) is 5.56 Å². The minimum atomic E-state index is -0.648. The van der Waals surface area contributed by atoms with Gasteiger partial charge in [-0.25, -0.2) is 8.78 Å². The number of hydrogen-bond donors (Lipinski definition) is 2. The highest BCUT2D eigenvalue weighted by Crippen LogP contribution is 2.22. The molecule has 0 aliphatic heterocycles. The van der Waals surface area contributed by atoms with Crippen molar-refractivity contribution in [3.05, 3.63) is 64.7 Å². The van der Waals surface area contributed by atoms with Gasteiger partial charge in [0.2, 0.25) is 0 Å². The Morgan fingerprint density at radius 3 is 2.45 bits per heavy atom. The Bertz CT molecular complexity index is 636. The molecule has 2 aromatic rings. The van der Waals surface area contributed by atoms with Crippen molar-refractivity contribution in [2.75, 3.05) is 0 Å². The second-order valence-electron chi connectivity index (χ2n) is 4.38. The fourth-order valence-electron chi connectivity index (χ4n) is 1.74. The minimum Gasteiger partial charge on any atom is -0.488 e. The van der Waals surface area contributed by atoms with Crippen molar-refractivity contribution in [2.45, 2.75) is 13.5 Å². The molecule has 104 valence electrons. The second kappa shape index (κ2) is 5.69. The van der Waals surface area contributed by atoms with Gasteiger partial charge in [0.1, 0.15) is 29.8 Å². The van der Waals surface area contributed by atoms with Gasteiger partial charge in [-0.15, -0.1) is 0 Å². The lowest BCUT2D eigenvalue weighted by atomic mass is 10.1. The van der Waals surface area contributed by atoms with E-state index in [1.807, 2.05) is 0 Å². The number of rotatable bonds is 4. The van der Waals surface area contributed by atoms with Crippen molar-refractivity contribution >= 4 is 5.84 Å². The van der Waals surface area contributed by atoms with E-state index in [0.29, 0.717) is 11.3 Å². The van der Waals surface area contributed by atoms with Crippen molar-refractivity contribution < 1.29 is 13.5 Å². The molecule has 20 heavy (non-hydrogen) atoms. The zero-order valence-electron chi connectivity index (χ0n) is 10.9. The zero-order chi connectivity index (χ0) is 14.7. The third kappa shape index (κ3) is 2.93. The summed E-state index contributed by atoms with van der Waals surface area (Å²) in [6, 6.07) is 8.67. The molecule has 3 nitrogen and oxygen atoms in total. The van der Waals surface area contributed by atoms with Crippen LogP contribution in [0.5, 0.6) is 5.75 Å². The summed E-state index contributed by atoms with van der Waals surface area (Å²) in [6.07, 6.45) is 0. The molecule has 0 saturated heterocycles. The van der Waals surface area contributed by atoms with Crippen LogP contribution in [0.1, 0.15) is 16.7 Å². The molecule has 0 aromatic heterocycles. The molecule has 0 fully saturated rings. The quantitative estimate of drug-likeness (QED) is 0.665. The monoisotopic (exact) mass is 276 g/mol. The standard InChI is InChI=1S/C15H14F2N2O/c1-9-5-6-10(15(18)19)7-14(9)20-8-11-12(16)3-2-4-13(11)17/h2-7H,8H2,1H3,(H3,18,19). The third-order valence-corrected chi connectivity index (χ3v) is 2.93. The molecule has 3 N–H and O–H groups in total. The van der Waals surface area contributed by atoms with Crippen LogP contribution < -0.4 is 10.5 Å². The summed E-state index contributed by atoms with van der Waals surface area (Å²) in [5.41, 5.74) is 6.57. The molecular formula is C15H14F2N2O. The number of ether oxygens (including phenoxy) is 1. The molecule has 2 aromatic carbocycles. The van der Waals surface area contributed by atoms with E-state index in [1.54, 1.807) is 25.1 Å². The molecule has 0 aliphatic rings. The molecule has 0 unspecified atom stereocenters. The molecule has 0 spiro atoms. The van der Waals surface area contributed by atoms with E-state index < -0.39 is 11.6 Å². The summed E-state index contributed by atoms with van der Waals surface area (Å²) in [5, 5.41) is 7.37. The fourth-order valence-corrected chi connectivity index (χ4v) is 1.74. The number of halogens is 2. The van der Waals surface area contributed by atoms with Crippen LogP contribution in [0.25, 0.3) is 0 Å². The Balaban J connectivity index is 2.23. The first-order valence-corrected chi connectivity index (χ1v) is 6.00. The number of nitrogens with one attached hydrogen (secondary N) is 1. The van der Waals surface area contributed by atoms with E-state index in [9.17, 15) is 8.78 Å². The molecule has 0 radical (unpaired) electrons. The summed E-state index contributed by atoms with van der Waals surface area (Å²) in [6.45, 7) is 1.58. The Morgan fingerprint density at radius 1 is 1.20 bits per heavy atom. The molecule has 0 heterocycles. The predicted octanol–water partition coefficient (Wildman–Crippen LogP) is 3.14. The van der Waals surface area contributed by atoms with Crippen molar-refractivity contribution in [1.82, 2.24) is 0 Å². The maximum Gasteiger partial charge on any atom is 0.132 e. The largest absolute Gasteiger partial charge is 0.488 e. The molecule has 0 bridgehead atoms. The van der Waals surface area contributed by atoms with Gasteiger partial charge in [-0.1, -0.05) is 18.2 Å². The average molecular weight is 276 g/mol. The van der Waals surface area contributed by atoms with Crippen molar-refractivity contribution in [3.8, 4) is 5.75 Å². The van der Waals surface area contributed by atoms with Gasteiger partial charge in [-0.05, 0) is 30.7 Å². The van der Waals surface area contributed by atoms with Crippen LogP contribution in [0.4, 0.5) is 8.78 Å². The molecule has 5 heteroatoms. The maximum absolute atomic E-state index is 13.5. The predicted molar refractivity (Wildman–Crippen MR) is 72.9 cm³/mol. The third-order valence-electron chi connectivity index (χ3n) is 2.93. The van der Waals surface area contributed by atoms with Crippen LogP contribution in [0, 0.1) is 24.0 Å². The van der Waals surface area contributed by atoms with E-state index in [2.05, 4.69) is 0 Å². The topological polar surface area (TPSA) is 59.1 Å². The summed E-state index contributed by atoms with van der Waals surface area (Å²) < 4.78 is 32.4. The number of hydrogen-bond acceptors (Lipinski definition) is 2. The summed E-state index contributed by atoms with van der Waals surface area (Å²) in [5.74, 6) is -0.942. The Labute approximate surface area is 115 Å². The first kappa shape index (κ1) is 14.0. The Hall–Kier alpha value is -2.43. The van der Waals surface area contributed by atoms with Crippen LogP contribution in [0.3, 0.4) is 0 Å². The van der Waals surface area contributed by atoms with E-state index >= 15 is 0 Å². The molecular weight excluding hydrogens is 262 g/mol. The number of amidine groups is 1. The lowest BCUT2D eigenvalue weighted by Gasteiger charge is -2.11. The second-order valence-corrected chi connectivity index (χ2v) is 4.38. The number of benzene rings is 2. The molecule has 0 amide bonds. The van der Waals surface area contributed by atoms with Crippen LogP contribution in [0.2, 0.25) is 0 Å². The van der Waals surface area contributed by atoms with E-state index in [-0.39, 0.29) is 18.0 Å². The lowest BCUT2D eigenvalue weighted by Crippen LogP contribution is -2.11. The number of nitrogen functional groups attached to an aromatic ring is 1. The first-order chi connectivity index (χ1) is 9.49. The maximum atomic E-state index is 13.5. The van der Waals surface area contributed by atoms with Crippen molar-refractivity contribution in [1.29, 1.82) is 5.41 Å². The van der Waals surface area contributed by atoms with Gasteiger partial charge in [0, 0.05) is 5.56 Å². The SMILES string of the molecule is Cc1ccc(C(=N)N)cc1OCc1c(F)cccc1F. The van der Waals surface area contributed by atoms with Crippen LogP contribution in [-0.2, 0) is 6.61 Å². The van der Waals surface area contributed by atoms with E-state index in [4.69, 9.17) is 15.9 Å². The van der Waals surface area contributed by atoms with Gasteiger partial charge in [-0.3, -0.25) is 5.41 Å². The van der Waals surface area contributed by atoms with Crippen LogP contribution in [-0.4, -0.2) is 5.84 Å². The smallest absolute Gasteiger partial charge is 0.132 e. The Morgan fingerprint density at radius 2 is 1.85 bits per heavy atom. The van der Waals surface area contributed by atoms with Gasteiger partial charge >= 0.3 is 0 Å². The minimum absolute atomic E-state index is 0.0908. The number of nitrogens with two attached hydrogens (primary N) is 1. The van der Waals surface area contributed by atoms with Crippen LogP contribution >= 0.6 is 0 Å². The van der Waals surface area contributed by atoms with E-state index in [1.165, 1.54) is 18.2 Å². The Kier molecular flexibility index (Phi) is 3.98. The van der Waals surface area contributed by atoms with Gasteiger partial charge in [0.05, 0.1) is 5.56 Å². The number of aryl methyl sites for hydroxylation is 1. The van der Waals surface area contributed by atoms with Gasteiger partial charge in [0.15, 0.2) is 0 Å². The summed E-state index contributed by atoms with van der Waals surface area (Å²) in [4.78, 5) is 0. The van der Waals surface area contributed by atoms with Crippen molar-refractivity contribution in [2.24, 2.45) is 5.73 Å². The zero-order valence-corrected chi connectivity index (χ0v) is 10.9. The highest BCUT2D eigenvalue weighted by Gasteiger charge is 2.10.